The Bertz CT molecular complexity index is 1020. The highest BCUT2D eigenvalue weighted by atomic mass is 16.6. The second-order valence-corrected chi connectivity index (χ2v) is 10.2. The number of rotatable bonds is 5. The van der Waals surface area contributed by atoms with E-state index in [0.29, 0.717) is 6.42 Å². The summed E-state index contributed by atoms with van der Waals surface area (Å²) >= 11 is 0. The van der Waals surface area contributed by atoms with E-state index >= 15 is 0 Å². The van der Waals surface area contributed by atoms with Gasteiger partial charge in [0, 0.05) is 43.5 Å². The molecule has 4 fully saturated rings. The topological polar surface area (TPSA) is 88.2 Å². The van der Waals surface area contributed by atoms with Crippen molar-refractivity contribution in [2.24, 2.45) is 22.9 Å². The zero-order chi connectivity index (χ0) is 21.2. The van der Waals surface area contributed by atoms with Gasteiger partial charge in [0.2, 0.25) is 12.3 Å². The van der Waals surface area contributed by atoms with Crippen LogP contribution in [0.25, 0.3) is 0 Å². The largest absolute Gasteiger partial charge is 0.382 e. The Kier molecular flexibility index (Phi) is 4.27. The molecule has 1 atom stereocenters. The van der Waals surface area contributed by atoms with Gasteiger partial charge >= 0.3 is 0 Å². The van der Waals surface area contributed by atoms with E-state index in [2.05, 4.69) is 38.5 Å². The number of H-pyrrole nitrogens is 1. The van der Waals surface area contributed by atoms with Crippen LogP contribution in [0.2, 0.25) is 0 Å². The highest BCUT2D eigenvalue weighted by Crippen LogP contribution is 2.56. The highest BCUT2D eigenvalue weighted by molar-refractivity contribution is 6.06. The Labute approximate surface area is 182 Å². The summed E-state index contributed by atoms with van der Waals surface area (Å²) in [6, 6.07) is 0. The molecule has 8 nitrogen and oxygen atoms in total. The monoisotopic (exact) mass is 423 g/mol. The molecule has 4 bridgehead atoms. The number of carbonyl (C=O) groups is 1. The van der Waals surface area contributed by atoms with Gasteiger partial charge in [-0.1, -0.05) is 5.16 Å². The second-order valence-electron chi connectivity index (χ2n) is 10.2. The van der Waals surface area contributed by atoms with E-state index < -0.39 is 6.10 Å². The predicted molar refractivity (Wildman–Crippen MR) is 114 cm³/mol. The van der Waals surface area contributed by atoms with E-state index in [1.165, 1.54) is 38.5 Å². The van der Waals surface area contributed by atoms with Crippen LogP contribution in [0.5, 0.6) is 0 Å². The third-order valence-corrected chi connectivity index (χ3v) is 8.09. The van der Waals surface area contributed by atoms with Crippen molar-refractivity contribution in [1.29, 1.82) is 0 Å². The molecule has 7 rings (SSSR count). The van der Waals surface area contributed by atoms with Gasteiger partial charge in [0.25, 0.3) is 5.91 Å². The third-order valence-electron chi connectivity index (χ3n) is 8.09. The van der Waals surface area contributed by atoms with Crippen LogP contribution in [0.3, 0.4) is 0 Å². The summed E-state index contributed by atoms with van der Waals surface area (Å²) in [6.07, 6.45) is 13.7. The lowest BCUT2D eigenvalue weighted by Gasteiger charge is -2.52. The Hall–Kier alpha value is -2.64. The van der Waals surface area contributed by atoms with Gasteiger partial charge in [-0.3, -0.25) is 9.48 Å². The molecule has 1 amide bonds. The zero-order valence-electron chi connectivity index (χ0n) is 18.3. The highest BCUT2D eigenvalue weighted by Gasteiger charge is 2.57. The molecule has 164 valence electrons. The molecule has 1 aliphatic heterocycles. The first-order chi connectivity index (χ1) is 15.0. The minimum atomic E-state index is -0.609. The first-order valence-electron chi connectivity index (χ1n) is 11.7. The molecule has 0 saturated heterocycles. The zero-order valence-corrected chi connectivity index (χ0v) is 18.3. The molecule has 8 heteroatoms. The van der Waals surface area contributed by atoms with E-state index in [-0.39, 0.29) is 11.4 Å². The van der Waals surface area contributed by atoms with Gasteiger partial charge in [-0.05, 0) is 50.9 Å². The van der Waals surface area contributed by atoms with E-state index in [1.54, 1.807) is 0 Å². The maximum absolute atomic E-state index is 12.8. The molecule has 2 N–H and O–H groups in total. The minimum absolute atomic E-state index is 0.157. The average Bonchev–Trinajstić information content (AvgIpc) is 3.46. The number of aromatic amines is 1. The lowest BCUT2D eigenvalue weighted by Crippen LogP contribution is -2.65. The van der Waals surface area contributed by atoms with E-state index in [4.69, 9.17) is 4.84 Å². The number of hydrogen-bond acceptors (Lipinski definition) is 4. The van der Waals surface area contributed by atoms with Gasteiger partial charge < -0.3 is 10.2 Å². The van der Waals surface area contributed by atoms with Crippen molar-refractivity contribution in [3.05, 3.63) is 29.8 Å². The van der Waals surface area contributed by atoms with Gasteiger partial charge in [0.1, 0.15) is 5.69 Å². The van der Waals surface area contributed by atoms with Gasteiger partial charge in [-0.2, -0.15) is 10.2 Å². The smallest absolute Gasteiger partial charge is 0.268 e. The van der Waals surface area contributed by atoms with Gasteiger partial charge in [-0.25, -0.2) is 0 Å². The maximum Gasteiger partial charge on any atom is 0.268 e. The van der Waals surface area contributed by atoms with E-state index in [9.17, 15) is 4.79 Å². The molecule has 1 unspecified atom stereocenters. The molecule has 0 radical (unpaired) electrons. The lowest BCUT2D eigenvalue weighted by molar-refractivity contribution is -0.822. The summed E-state index contributed by atoms with van der Waals surface area (Å²) in [4.78, 5) is 18.3. The van der Waals surface area contributed by atoms with Gasteiger partial charge in [-0.15, -0.1) is 4.68 Å². The fourth-order valence-corrected chi connectivity index (χ4v) is 7.00. The number of aryl methyl sites for hydroxylation is 1. The van der Waals surface area contributed by atoms with Crippen molar-refractivity contribution in [3.8, 4) is 0 Å². The van der Waals surface area contributed by atoms with Crippen LogP contribution in [-0.4, -0.2) is 32.6 Å². The Balaban J connectivity index is 1.12. The second kappa shape index (κ2) is 6.93. The predicted octanol–water partition coefficient (Wildman–Crippen LogP) is 2.88. The Morgan fingerprint density at radius 1 is 1.29 bits per heavy atom. The number of nitrogens with one attached hydrogen (secondary N) is 2. The molecule has 0 spiro atoms. The summed E-state index contributed by atoms with van der Waals surface area (Å²) in [5.74, 6) is 2.48. The summed E-state index contributed by atoms with van der Waals surface area (Å²) in [5.41, 5.74) is 3.81. The van der Waals surface area contributed by atoms with Crippen molar-refractivity contribution in [2.75, 3.05) is 5.32 Å². The molecule has 4 aliphatic carbocycles. The average molecular weight is 424 g/mol. The van der Waals surface area contributed by atoms with Gasteiger partial charge in [0.15, 0.2) is 5.54 Å². The number of amides is 1. The van der Waals surface area contributed by atoms with Crippen LogP contribution >= 0.6 is 0 Å². The van der Waals surface area contributed by atoms with Crippen molar-refractivity contribution < 1.29 is 14.3 Å². The van der Waals surface area contributed by atoms with Crippen LogP contribution in [0, 0.1) is 24.7 Å². The third kappa shape index (κ3) is 3.10. The molecule has 31 heavy (non-hydrogen) atoms. The fraction of sp³-hybridized carbons (Fsp3) is 0.652. The van der Waals surface area contributed by atoms with E-state index in [1.807, 2.05) is 24.0 Å². The Morgan fingerprint density at radius 3 is 2.65 bits per heavy atom. The number of anilines is 1. The van der Waals surface area contributed by atoms with Crippen molar-refractivity contribution in [2.45, 2.75) is 77.0 Å². The molecular weight excluding hydrogens is 392 g/mol. The maximum atomic E-state index is 12.8. The molecular formula is C23H31N6O2+. The molecule has 3 heterocycles. The molecule has 4 saturated carbocycles. The van der Waals surface area contributed by atoms with Crippen LogP contribution in [0.15, 0.2) is 23.7 Å². The van der Waals surface area contributed by atoms with Crippen LogP contribution in [0.1, 0.15) is 63.1 Å². The summed E-state index contributed by atoms with van der Waals surface area (Å²) < 4.78 is 4.21. The minimum Gasteiger partial charge on any atom is -0.382 e. The van der Waals surface area contributed by atoms with Crippen LogP contribution in [-0.2, 0) is 21.7 Å². The normalized spacial score (nSPS) is 33.4. The number of oxime groups is 1. The Morgan fingerprint density at radius 2 is 2.00 bits per heavy atom. The summed E-state index contributed by atoms with van der Waals surface area (Å²) in [5, 5.41) is 15.0. The number of hydrogen-bond donors (Lipinski definition) is 2. The summed E-state index contributed by atoms with van der Waals surface area (Å²) in [6.45, 7) is 4.88. The van der Waals surface area contributed by atoms with Crippen molar-refractivity contribution >= 4 is 17.3 Å². The summed E-state index contributed by atoms with van der Waals surface area (Å²) in [7, 11) is 0. The van der Waals surface area contributed by atoms with Crippen molar-refractivity contribution in [1.82, 2.24) is 14.9 Å². The van der Waals surface area contributed by atoms with Gasteiger partial charge in [0.05, 0.1) is 18.1 Å². The number of carbonyl (C=O) groups excluding carboxylic acids is 1. The first-order valence-corrected chi connectivity index (χ1v) is 11.7. The number of nitrogens with zero attached hydrogens (tertiary/aromatic N) is 4. The quantitative estimate of drug-likeness (QED) is 0.725. The SMILES string of the molecule is CCn1ncc(C2=NOC(C(=O)Nc3c[nH][n+](C45CC6CC(CC(C6)C4)C5)c3)C2)c1C. The fourth-order valence-electron chi connectivity index (χ4n) is 7.00. The molecule has 0 aromatic carbocycles. The van der Waals surface area contributed by atoms with Crippen LogP contribution in [0.4, 0.5) is 5.69 Å². The first kappa shape index (κ1) is 19.1. The lowest BCUT2D eigenvalue weighted by atomic mass is 9.53. The van der Waals surface area contributed by atoms with E-state index in [0.717, 1.165) is 47.0 Å². The number of aromatic nitrogens is 4. The standard InChI is InChI=1S/C23H30N6O2/c1-3-28-14(2)19(12-24-28)20-7-21(31-27-20)22(30)26-18-11-25-29(13-18)23-8-15-4-16(9-23)6-17(5-15)10-23/h11-13,15-17,21H,3-10H2,1-2H3,(H,26,30)/p+1. The van der Waals surface area contributed by atoms with Crippen molar-refractivity contribution in [3.63, 3.8) is 0 Å². The van der Waals surface area contributed by atoms with Crippen LogP contribution < -0.4 is 10.00 Å². The molecule has 2 aromatic heterocycles. The molecule has 5 aliphatic rings. The molecule has 2 aromatic rings.